The second kappa shape index (κ2) is 19.3. The van der Waals surface area contributed by atoms with E-state index in [1.807, 2.05) is 0 Å². The lowest BCUT2D eigenvalue weighted by molar-refractivity contribution is -0.203. The van der Waals surface area contributed by atoms with Gasteiger partial charge in [0.25, 0.3) is 0 Å². The summed E-state index contributed by atoms with van der Waals surface area (Å²) >= 11 is 0. The number of hydrogen-bond donors (Lipinski definition) is 1. The van der Waals surface area contributed by atoms with Crippen LogP contribution in [0, 0.1) is 52.3 Å². The molecule has 10 atom stereocenters. The maximum Gasteiger partial charge on any atom is 0.306 e. The molecule has 0 aromatic heterocycles. The molecule has 278 valence electrons. The largest absolute Gasteiger partial charge is 0.462 e. The Morgan fingerprint density at radius 3 is 2.27 bits per heavy atom. The highest BCUT2D eigenvalue weighted by molar-refractivity contribution is 5.69. The van der Waals surface area contributed by atoms with E-state index in [4.69, 9.17) is 4.74 Å². The van der Waals surface area contributed by atoms with Crippen molar-refractivity contribution in [2.45, 2.75) is 182 Å². The molecule has 0 radical (unpaired) electrons. The molecular formula is C46H76O3. The van der Waals surface area contributed by atoms with Gasteiger partial charge in [0.1, 0.15) is 6.10 Å². The standard InChI is InChI=1S/C46H76O3/c1-8-9-10-11-12-13-14-15-16-17-18-19-20-21-22-23-44(48)49-43-33-38(47)32-37-26-27-39-41-29-28-40(36(5)25-24-35(4)34(2)3)45(41,6)31-30-42(39)46(37,43)7/h9-10,12-13,15-16,34,36-43,47H,4,8,11,14,17-33H2,1-3,5-7H3/b10-9-,13-12-,16-15-/t36-,37-,38+,39-,40-,41+,42+,43?,45-,46+/m1/s1. The highest BCUT2D eigenvalue weighted by Crippen LogP contribution is 2.68. The fourth-order valence-electron chi connectivity index (χ4n) is 11.4. The van der Waals surface area contributed by atoms with E-state index in [9.17, 15) is 9.90 Å². The van der Waals surface area contributed by atoms with Crippen molar-refractivity contribution in [3.8, 4) is 0 Å². The van der Waals surface area contributed by atoms with E-state index in [-0.39, 0.29) is 23.6 Å². The van der Waals surface area contributed by atoms with Gasteiger partial charge in [-0.25, -0.2) is 0 Å². The number of unbranched alkanes of at least 4 members (excludes halogenated alkanes) is 5. The van der Waals surface area contributed by atoms with Gasteiger partial charge in [0.05, 0.1) is 6.10 Å². The zero-order valence-corrected chi connectivity index (χ0v) is 32.8. The summed E-state index contributed by atoms with van der Waals surface area (Å²) in [7, 11) is 0. The summed E-state index contributed by atoms with van der Waals surface area (Å²) in [6.45, 7) is 18.8. The van der Waals surface area contributed by atoms with Crippen molar-refractivity contribution in [1.29, 1.82) is 0 Å². The lowest BCUT2D eigenvalue weighted by Crippen LogP contribution is -2.60. The Morgan fingerprint density at radius 2 is 1.53 bits per heavy atom. The minimum absolute atomic E-state index is 0.00669. The third-order valence-corrected chi connectivity index (χ3v) is 14.5. The molecular weight excluding hydrogens is 601 g/mol. The maximum atomic E-state index is 13.3. The lowest BCUT2D eigenvalue weighted by atomic mass is 9.43. The number of aliphatic hydroxyl groups is 1. The SMILES string of the molecule is C=C(CC[C@@H](C)[C@H]1CC[C@H]2[C@H]3CC[C@@H]4C[C@H](O)CC(OC(=O)CCCCCCC/C=C\C/C=C\C/C=C\CC)[C@]4(C)[C@H]3CC[C@]12C)C(C)C. The van der Waals surface area contributed by atoms with Crippen molar-refractivity contribution in [2.24, 2.45) is 52.3 Å². The quantitative estimate of drug-likeness (QED) is 0.0841. The van der Waals surface area contributed by atoms with E-state index in [1.165, 1.54) is 76.2 Å². The summed E-state index contributed by atoms with van der Waals surface area (Å²) in [5, 5.41) is 11.0. The molecule has 4 fully saturated rings. The number of carbonyl (C=O) groups excluding carboxylic acids is 1. The number of fused-ring (bicyclic) bond motifs is 5. The summed E-state index contributed by atoms with van der Waals surface area (Å²) < 4.78 is 6.45. The van der Waals surface area contributed by atoms with E-state index in [0.29, 0.717) is 36.0 Å². The normalized spacial score (nSPS) is 35.1. The van der Waals surface area contributed by atoms with E-state index >= 15 is 0 Å². The van der Waals surface area contributed by atoms with Gasteiger partial charge >= 0.3 is 5.97 Å². The van der Waals surface area contributed by atoms with Crippen molar-refractivity contribution >= 4 is 5.97 Å². The molecule has 1 unspecified atom stereocenters. The summed E-state index contributed by atoms with van der Waals surface area (Å²) in [5.41, 5.74) is 1.84. The molecule has 4 aliphatic carbocycles. The summed E-state index contributed by atoms with van der Waals surface area (Å²) in [5.74, 6) is 4.72. The topological polar surface area (TPSA) is 46.5 Å². The van der Waals surface area contributed by atoms with Crippen LogP contribution in [0.4, 0.5) is 0 Å². The fraction of sp³-hybridized carbons (Fsp3) is 0.804. The Labute approximate surface area is 302 Å². The number of hydrogen-bond acceptors (Lipinski definition) is 3. The maximum absolute atomic E-state index is 13.3. The number of ether oxygens (including phenoxy) is 1. The van der Waals surface area contributed by atoms with Crippen LogP contribution < -0.4 is 0 Å². The zero-order chi connectivity index (χ0) is 35.4. The molecule has 4 saturated carbocycles. The van der Waals surface area contributed by atoms with Gasteiger partial charge in [-0.05, 0) is 143 Å². The van der Waals surface area contributed by atoms with Gasteiger partial charge in [-0.3, -0.25) is 4.79 Å². The second-order valence-electron chi connectivity index (χ2n) is 17.8. The first kappa shape index (κ1) is 40.2. The number of carbonyl (C=O) groups is 1. The molecule has 4 aliphatic rings. The first-order chi connectivity index (χ1) is 23.5. The first-order valence-electron chi connectivity index (χ1n) is 21.0. The first-order valence-corrected chi connectivity index (χ1v) is 21.0. The van der Waals surface area contributed by atoms with Gasteiger partial charge in [-0.15, -0.1) is 0 Å². The Morgan fingerprint density at radius 1 is 0.837 bits per heavy atom. The highest BCUT2D eigenvalue weighted by Gasteiger charge is 2.63. The molecule has 0 aromatic carbocycles. The molecule has 3 nitrogen and oxygen atoms in total. The van der Waals surface area contributed by atoms with Gasteiger partial charge < -0.3 is 9.84 Å². The third kappa shape index (κ3) is 10.3. The van der Waals surface area contributed by atoms with Gasteiger partial charge in [-0.2, -0.15) is 0 Å². The molecule has 0 saturated heterocycles. The molecule has 0 aliphatic heterocycles. The third-order valence-electron chi connectivity index (χ3n) is 14.5. The molecule has 0 amide bonds. The summed E-state index contributed by atoms with van der Waals surface area (Å²) in [6, 6.07) is 0. The second-order valence-corrected chi connectivity index (χ2v) is 17.8. The van der Waals surface area contributed by atoms with Gasteiger partial charge in [-0.1, -0.05) is 109 Å². The molecule has 0 heterocycles. The highest BCUT2D eigenvalue weighted by atomic mass is 16.5. The number of aliphatic hydroxyl groups excluding tert-OH is 1. The number of rotatable bonds is 19. The van der Waals surface area contributed by atoms with Crippen LogP contribution in [0.2, 0.25) is 0 Å². The lowest BCUT2D eigenvalue weighted by Gasteiger charge is -2.62. The predicted octanol–water partition coefficient (Wildman–Crippen LogP) is 12.7. The zero-order valence-electron chi connectivity index (χ0n) is 32.8. The van der Waals surface area contributed by atoms with Crippen molar-refractivity contribution < 1.29 is 14.6 Å². The fourth-order valence-corrected chi connectivity index (χ4v) is 11.4. The van der Waals surface area contributed by atoms with Crippen LogP contribution in [-0.2, 0) is 9.53 Å². The van der Waals surface area contributed by atoms with Crippen LogP contribution in [-0.4, -0.2) is 23.3 Å². The Bertz CT molecular complexity index is 1120. The van der Waals surface area contributed by atoms with Crippen molar-refractivity contribution in [3.63, 3.8) is 0 Å². The van der Waals surface area contributed by atoms with Crippen LogP contribution in [0.15, 0.2) is 48.6 Å². The van der Waals surface area contributed by atoms with Gasteiger partial charge in [0.15, 0.2) is 0 Å². The van der Waals surface area contributed by atoms with Crippen molar-refractivity contribution in [1.82, 2.24) is 0 Å². The van der Waals surface area contributed by atoms with E-state index in [2.05, 4.69) is 84.6 Å². The van der Waals surface area contributed by atoms with Crippen LogP contribution in [0.3, 0.4) is 0 Å². The minimum Gasteiger partial charge on any atom is -0.462 e. The van der Waals surface area contributed by atoms with Crippen LogP contribution in [0.5, 0.6) is 0 Å². The average Bonchev–Trinajstić information content (AvgIpc) is 3.43. The summed E-state index contributed by atoms with van der Waals surface area (Å²) in [6.07, 6.45) is 35.3. The van der Waals surface area contributed by atoms with Crippen LogP contribution >= 0.6 is 0 Å². The molecule has 49 heavy (non-hydrogen) atoms. The predicted molar refractivity (Wildman–Crippen MR) is 208 cm³/mol. The molecule has 0 spiro atoms. The van der Waals surface area contributed by atoms with Crippen LogP contribution in [0.1, 0.15) is 170 Å². The minimum atomic E-state index is -0.341. The monoisotopic (exact) mass is 677 g/mol. The molecule has 0 aromatic rings. The molecule has 0 bridgehead atoms. The number of esters is 1. The van der Waals surface area contributed by atoms with Gasteiger partial charge in [0, 0.05) is 18.3 Å². The van der Waals surface area contributed by atoms with Gasteiger partial charge in [0.2, 0.25) is 0 Å². The number of allylic oxidation sites excluding steroid dienone is 7. The van der Waals surface area contributed by atoms with E-state index < -0.39 is 0 Å². The average molecular weight is 677 g/mol. The van der Waals surface area contributed by atoms with Crippen molar-refractivity contribution in [3.05, 3.63) is 48.6 Å². The Balaban J connectivity index is 1.23. The Hall–Kier alpha value is -1.61. The molecule has 1 N–H and O–H groups in total. The smallest absolute Gasteiger partial charge is 0.306 e. The van der Waals surface area contributed by atoms with Crippen LogP contribution in [0.25, 0.3) is 0 Å². The summed E-state index contributed by atoms with van der Waals surface area (Å²) in [4.78, 5) is 13.3. The molecule has 3 heteroatoms. The van der Waals surface area contributed by atoms with E-state index in [0.717, 1.165) is 68.6 Å². The Kier molecular flexibility index (Phi) is 15.8. The molecule has 4 rings (SSSR count). The van der Waals surface area contributed by atoms with E-state index in [1.54, 1.807) is 0 Å². The van der Waals surface area contributed by atoms with Crippen molar-refractivity contribution in [2.75, 3.05) is 0 Å².